The molecule has 2 N–H and O–H groups in total. The van der Waals surface area contributed by atoms with Gasteiger partial charge in [0.2, 0.25) is 0 Å². The number of benzene rings is 1. The van der Waals surface area contributed by atoms with Crippen molar-refractivity contribution in [3.05, 3.63) is 57.0 Å². The number of allylic oxidation sites excluding steroid dienone is 2. The van der Waals surface area contributed by atoms with Crippen LogP contribution in [0.2, 0.25) is 0 Å². The molecular weight excluding hydrogens is 386 g/mol. The van der Waals surface area contributed by atoms with Gasteiger partial charge in [0.1, 0.15) is 11.6 Å². The molecule has 1 atom stereocenters. The number of rotatable bonds is 6. The maximum Gasteiger partial charge on any atom is 0.257 e. The van der Waals surface area contributed by atoms with Crippen LogP contribution in [0.3, 0.4) is 0 Å². The summed E-state index contributed by atoms with van der Waals surface area (Å²) in [6.07, 6.45) is 4.23. The number of fused-ring (bicyclic) bond motifs is 1. The molecule has 4 rings (SSSR count). The zero-order valence-electron chi connectivity index (χ0n) is 16.7. The lowest BCUT2D eigenvalue weighted by Crippen LogP contribution is -2.32. The monoisotopic (exact) mass is 411 g/mol. The predicted molar refractivity (Wildman–Crippen MR) is 115 cm³/mol. The Hall–Kier alpha value is -2.54. The number of aromatic nitrogens is 2. The van der Waals surface area contributed by atoms with Crippen molar-refractivity contribution >= 4 is 23.4 Å². The van der Waals surface area contributed by atoms with E-state index in [-0.39, 0.29) is 11.3 Å². The number of carbonyl (C=O) groups is 1. The summed E-state index contributed by atoms with van der Waals surface area (Å²) in [5.74, 6) is 1.73. The standard InChI is InChI=1S/C22H25N3O3S/c1-3-4-12-29-22-24-20-19(21(27)25-22)17(13-8-5-6-11-16(13)28-2)18-14(23-20)9-7-10-15(18)26/h5-6,8,11,17H,3-4,7,9-10,12H2,1-2H3,(H2,23,24,25,27). The van der Waals surface area contributed by atoms with Gasteiger partial charge in [-0.05, 0) is 25.3 Å². The zero-order chi connectivity index (χ0) is 20.4. The largest absolute Gasteiger partial charge is 0.496 e. The Labute approximate surface area is 174 Å². The smallest absolute Gasteiger partial charge is 0.257 e. The highest BCUT2D eigenvalue weighted by atomic mass is 32.2. The second kappa shape index (κ2) is 8.45. The molecule has 29 heavy (non-hydrogen) atoms. The summed E-state index contributed by atoms with van der Waals surface area (Å²) in [6, 6.07) is 7.58. The molecular formula is C22H25N3O3S. The molecule has 152 valence electrons. The third kappa shape index (κ3) is 3.71. The summed E-state index contributed by atoms with van der Waals surface area (Å²) in [5, 5.41) is 3.92. The molecule has 0 saturated heterocycles. The van der Waals surface area contributed by atoms with Crippen molar-refractivity contribution in [2.24, 2.45) is 0 Å². The van der Waals surface area contributed by atoms with Gasteiger partial charge in [0.05, 0.1) is 18.6 Å². The minimum atomic E-state index is -0.476. The maximum atomic E-state index is 13.2. The normalized spacial score (nSPS) is 18.1. The highest BCUT2D eigenvalue weighted by Crippen LogP contribution is 2.45. The number of aromatic amines is 1. The summed E-state index contributed by atoms with van der Waals surface area (Å²) in [5.41, 5.74) is 2.66. The Morgan fingerprint density at radius 1 is 1.24 bits per heavy atom. The summed E-state index contributed by atoms with van der Waals surface area (Å²) in [4.78, 5) is 33.7. The Kier molecular flexibility index (Phi) is 5.76. The van der Waals surface area contributed by atoms with E-state index in [1.165, 1.54) is 0 Å². The quantitative estimate of drug-likeness (QED) is 0.420. The molecule has 1 aliphatic carbocycles. The number of ketones is 1. The molecule has 0 bridgehead atoms. The highest BCUT2D eigenvalue weighted by Gasteiger charge is 2.39. The number of hydrogen-bond donors (Lipinski definition) is 2. The van der Waals surface area contributed by atoms with Crippen LogP contribution in [0.5, 0.6) is 5.75 Å². The third-order valence-corrected chi connectivity index (χ3v) is 6.38. The third-order valence-electron chi connectivity index (χ3n) is 5.42. The van der Waals surface area contributed by atoms with E-state index >= 15 is 0 Å². The summed E-state index contributed by atoms with van der Waals surface area (Å²) >= 11 is 1.55. The van der Waals surface area contributed by atoms with Crippen LogP contribution in [0.4, 0.5) is 5.82 Å². The molecule has 2 aromatic rings. The summed E-state index contributed by atoms with van der Waals surface area (Å²) in [6.45, 7) is 2.14. The van der Waals surface area contributed by atoms with Crippen molar-refractivity contribution in [2.45, 2.75) is 50.1 Å². The Morgan fingerprint density at radius 3 is 2.86 bits per heavy atom. The number of thioether (sulfide) groups is 1. The van der Waals surface area contributed by atoms with Crippen molar-refractivity contribution in [1.82, 2.24) is 9.97 Å². The highest BCUT2D eigenvalue weighted by molar-refractivity contribution is 7.99. The lowest BCUT2D eigenvalue weighted by Gasteiger charge is -2.33. The van der Waals surface area contributed by atoms with E-state index in [2.05, 4.69) is 17.2 Å². The molecule has 2 heterocycles. The van der Waals surface area contributed by atoms with E-state index in [1.54, 1.807) is 18.9 Å². The van der Waals surface area contributed by atoms with Crippen LogP contribution in [-0.4, -0.2) is 28.6 Å². The van der Waals surface area contributed by atoms with E-state index in [9.17, 15) is 9.59 Å². The number of Topliss-reactive ketones (excluding diaryl/α,β-unsaturated/α-hetero) is 1. The average molecular weight is 412 g/mol. The summed E-state index contributed by atoms with van der Waals surface area (Å²) in [7, 11) is 1.61. The van der Waals surface area contributed by atoms with Crippen molar-refractivity contribution in [2.75, 3.05) is 18.2 Å². The second-order valence-electron chi connectivity index (χ2n) is 7.30. The molecule has 6 nitrogen and oxygen atoms in total. The van der Waals surface area contributed by atoms with Gasteiger partial charge in [-0.15, -0.1) is 0 Å². The second-order valence-corrected chi connectivity index (χ2v) is 8.39. The van der Waals surface area contributed by atoms with E-state index in [0.29, 0.717) is 34.3 Å². The number of methoxy groups -OCH3 is 1. The van der Waals surface area contributed by atoms with Crippen molar-refractivity contribution < 1.29 is 9.53 Å². The lowest BCUT2D eigenvalue weighted by atomic mass is 9.76. The molecule has 0 saturated carbocycles. The van der Waals surface area contributed by atoms with Gasteiger partial charge in [-0.3, -0.25) is 9.59 Å². The number of anilines is 1. The van der Waals surface area contributed by atoms with Crippen LogP contribution in [-0.2, 0) is 4.79 Å². The van der Waals surface area contributed by atoms with Crippen molar-refractivity contribution in [1.29, 1.82) is 0 Å². The number of para-hydroxylation sites is 1. The number of nitrogens with zero attached hydrogens (tertiary/aromatic N) is 1. The first-order valence-electron chi connectivity index (χ1n) is 10.1. The maximum absolute atomic E-state index is 13.2. The van der Waals surface area contributed by atoms with Gasteiger partial charge >= 0.3 is 0 Å². The molecule has 1 aromatic carbocycles. The van der Waals surface area contributed by atoms with Gasteiger partial charge in [-0.25, -0.2) is 4.98 Å². The minimum absolute atomic E-state index is 0.0844. The van der Waals surface area contributed by atoms with Crippen molar-refractivity contribution in [3.8, 4) is 5.75 Å². The number of hydrogen-bond acceptors (Lipinski definition) is 6. The number of carbonyl (C=O) groups excluding carboxylic acids is 1. The van der Waals surface area contributed by atoms with E-state index in [1.807, 2.05) is 24.3 Å². The fourth-order valence-electron chi connectivity index (χ4n) is 4.04. The molecule has 7 heteroatoms. The Balaban J connectivity index is 1.88. The van der Waals surface area contributed by atoms with Crippen LogP contribution in [0, 0.1) is 0 Å². The predicted octanol–water partition coefficient (Wildman–Crippen LogP) is 4.24. The molecule has 1 unspecified atom stereocenters. The SMILES string of the molecule is CCCCSc1nc2c(c(=O)[nH]1)C(c1ccccc1OC)C1=C(CCCC1=O)N2. The Bertz CT molecular complexity index is 1030. The van der Waals surface area contributed by atoms with Gasteiger partial charge in [-0.2, -0.15) is 0 Å². The van der Waals surface area contributed by atoms with Crippen molar-refractivity contribution in [3.63, 3.8) is 0 Å². The van der Waals surface area contributed by atoms with Gasteiger partial charge in [0.15, 0.2) is 10.9 Å². The summed E-state index contributed by atoms with van der Waals surface area (Å²) < 4.78 is 5.57. The number of H-pyrrole nitrogens is 1. The molecule has 0 spiro atoms. The first-order valence-corrected chi connectivity index (χ1v) is 11.1. The first-order chi connectivity index (χ1) is 14.1. The molecule has 1 aliphatic heterocycles. The molecule has 0 fully saturated rings. The first kappa shape index (κ1) is 19.8. The Morgan fingerprint density at radius 2 is 2.07 bits per heavy atom. The van der Waals surface area contributed by atoms with E-state index < -0.39 is 5.92 Å². The van der Waals surface area contributed by atoms with Gasteiger partial charge in [0.25, 0.3) is 5.56 Å². The number of ether oxygens (including phenoxy) is 1. The molecule has 0 amide bonds. The zero-order valence-corrected chi connectivity index (χ0v) is 17.5. The van der Waals surface area contributed by atoms with Crippen LogP contribution < -0.4 is 15.6 Å². The molecule has 0 radical (unpaired) electrons. The fourth-order valence-corrected chi connectivity index (χ4v) is 4.99. The number of unbranched alkanes of at least 4 members (excludes halogenated alkanes) is 1. The minimum Gasteiger partial charge on any atom is -0.496 e. The van der Waals surface area contributed by atoms with Gasteiger partial charge < -0.3 is 15.0 Å². The topological polar surface area (TPSA) is 84.1 Å². The van der Waals surface area contributed by atoms with Crippen LogP contribution in [0.1, 0.15) is 56.1 Å². The average Bonchev–Trinajstić information content (AvgIpc) is 2.72. The lowest BCUT2D eigenvalue weighted by molar-refractivity contribution is -0.116. The van der Waals surface area contributed by atoms with Gasteiger partial charge in [-0.1, -0.05) is 43.3 Å². The number of nitrogens with one attached hydrogen (secondary N) is 2. The van der Waals surface area contributed by atoms with Gasteiger partial charge in [0, 0.05) is 29.0 Å². The van der Waals surface area contributed by atoms with E-state index in [0.717, 1.165) is 42.7 Å². The van der Waals surface area contributed by atoms with Crippen LogP contribution >= 0.6 is 11.8 Å². The van der Waals surface area contributed by atoms with Crippen LogP contribution in [0.15, 0.2) is 45.5 Å². The van der Waals surface area contributed by atoms with Crippen LogP contribution in [0.25, 0.3) is 0 Å². The van der Waals surface area contributed by atoms with E-state index in [4.69, 9.17) is 9.72 Å². The molecule has 2 aliphatic rings. The fraction of sp³-hybridized carbons (Fsp3) is 0.409. The molecule has 1 aromatic heterocycles.